The van der Waals surface area contributed by atoms with Gasteiger partial charge < -0.3 is 0 Å². The van der Waals surface area contributed by atoms with Gasteiger partial charge in [0.2, 0.25) is 0 Å². The first-order chi connectivity index (χ1) is 15.1. The second-order valence-electron chi connectivity index (χ2n) is 7.52. The number of sulfonamides is 1. The molecule has 0 fully saturated rings. The summed E-state index contributed by atoms with van der Waals surface area (Å²) in [5, 5.41) is 3.96. The Bertz CT molecular complexity index is 1240. The number of aryl methyl sites for hydroxylation is 3. The fourth-order valence-corrected chi connectivity index (χ4v) is 5.00. The van der Waals surface area contributed by atoms with Crippen molar-refractivity contribution >= 4 is 43.8 Å². The van der Waals surface area contributed by atoms with Gasteiger partial charge in [-0.1, -0.05) is 51.8 Å². The van der Waals surface area contributed by atoms with Gasteiger partial charge in [-0.15, -0.1) is 0 Å². The zero-order chi connectivity index (χ0) is 23.3. The van der Waals surface area contributed by atoms with Crippen LogP contribution >= 0.6 is 15.9 Å². The van der Waals surface area contributed by atoms with Gasteiger partial charge in [-0.2, -0.15) is 5.10 Å². The molecular weight excluding hydrogens is 490 g/mol. The van der Waals surface area contributed by atoms with E-state index < -0.39 is 22.5 Å². The molecule has 6 nitrogen and oxygen atoms in total. The van der Waals surface area contributed by atoms with Crippen LogP contribution in [0.1, 0.15) is 22.3 Å². The molecule has 3 rings (SSSR count). The van der Waals surface area contributed by atoms with Crippen LogP contribution < -0.4 is 9.73 Å². The fraction of sp³-hybridized carbons (Fsp3) is 0.167. The van der Waals surface area contributed by atoms with Gasteiger partial charge in [0, 0.05) is 4.47 Å². The standard InChI is InChI=1S/C24H24BrN3O3S/c1-17-7-9-23(10-8-17)32(30,31)28(22-12-18(2)11-19(3)13-22)16-24(29)27-26-15-20-5-4-6-21(25)14-20/h4-15H,16H2,1-3H3,(H,27,29)/b26-15-. The Hall–Kier alpha value is -2.97. The number of rotatable bonds is 7. The van der Waals surface area contributed by atoms with Crippen LogP contribution in [0.15, 0.2) is 81.2 Å². The molecule has 0 aliphatic carbocycles. The maximum absolute atomic E-state index is 13.4. The topological polar surface area (TPSA) is 78.8 Å². The normalized spacial score (nSPS) is 11.5. The zero-order valence-electron chi connectivity index (χ0n) is 18.0. The molecule has 3 aromatic rings. The van der Waals surface area contributed by atoms with Crippen molar-refractivity contribution in [1.29, 1.82) is 0 Å². The Morgan fingerprint density at radius 3 is 2.25 bits per heavy atom. The van der Waals surface area contributed by atoms with E-state index >= 15 is 0 Å². The van der Waals surface area contributed by atoms with Gasteiger partial charge in [0.05, 0.1) is 16.8 Å². The summed E-state index contributed by atoms with van der Waals surface area (Å²) in [6.45, 7) is 5.24. The lowest BCUT2D eigenvalue weighted by molar-refractivity contribution is -0.119. The molecule has 32 heavy (non-hydrogen) atoms. The van der Waals surface area contributed by atoms with E-state index in [0.29, 0.717) is 5.69 Å². The van der Waals surface area contributed by atoms with E-state index in [0.717, 1.165) is 31.0 Å². The van der Waals surface area contributed by atoms with Crippen LogP contribution in [0.3, 0.4) is 0 Å². The first-order valence-electron chi connectivity index (χ1n) is 9.90. The molecule has 0 atom stereocenters. The lowest BCUT2D eigenvalue weighted by Crippen LogP contribution is -2.39. The second kappa shape index (κ2) is 10.1. The summed E-state index contributed by atoms with van der Waals surface area (Å²) in [4.78, 5) is 12.8. The number of anilines is 1. The number of amides is 1. The van der Waals surface area contributed by atoms with Crippen molar-refractivity contribution in [2.24, 2.45) is 5.10 Å². The van der Waals surface area contributed by atoms with Gasteiger partial charge >= 0.3 is 0 Å². The summed E-state index contributed by atoms with van der Waals surface area (Å²) in [5.74, 6) is -0.550. The number of carbonyl (C=O) groups is 1. The summed E-state index contributed by atoms with van der Waals surface area (Å²) < 4.78 is 28.9. The molecule has 0 unspecified atom stereocenters. The van der Waals surface area contributed by atoms with Crippen molar-refractivity contribution in [2.45, 2.75) is 25.7 Å². The lowest BCUT2D eigenvalue weighted by atomic mass is 10.1. The molecule has 0 aliphatic heterocycles. The Morgan fingerprint density at radius 2 is 1.62 bits per heavy atom. The van der Waals surface area contributed by atoms with Crippen molar-refractivity contribution in [3.8, 4) is 0 Å². The molecule has 0 radical (unpaired) electrons. The summed E-state index contributed by atoms with van der Waals surface area (Å²) in [5.41, 5.74) is 6.38. The van der Waals surface area contributed by atoms with Crippen LogP contribution in [-0.2, 0) is 14.8 Å². The van der Waals surface area contributed by atoms with E-state index in [1.807, 2.05) is 51.1 Å². The molecule has 166 valence electrons. The Kier molecular flexibility index (Phi) is 7.48. The number of benzene rings is 3. The molecule has 0 aromatic heterocycles. The number of hydrogen-bond donors (Lipinski definition) is 1. The minimum atomic E-state index is -3.97. The largest absolute Gasteiger partial charge is 0.271 e. The SMILES string of the molecule is Cc1ccc(S(=O)(=O)N(CC(=O)N/N=C\c2cccc(Br)c2)c2cc(C)cc(C)c2)cc1. The third kappa shape index (κ3) is 6.05. The van der Waals surface area contributed by atoms with Crippen molar-refractivity contribution in [1.82, 2.24) is 5.43 Å². The van der Waals surface area contributed by atoms with Crippen molar-refractivity contribution in [3.05, 3.63) is 93.5 Å². The molecule has 0 aliphatic rings. The van der Waals surface area contributed by atoms with Crippen LogP contribution in [0.4, 0.5) is 5.69 Å². The highest BCUT2D eigenvalue weighted by atomic mass is 79.9. The quantitative estimate of drug-likeness (QED) is 0.366. The second-order valence-corrected chi connectivity index (χ2v) is 10.3. The van der Waals surface area contributed by atoms with E-state index in [1.165, 1.54) is 6.21 Å². The molecule has 0 bridgehead atoms. The van der Waals surface area contributed by atoms with E-state index in [-0.39, 0.29) is 4.90 Å². The first-order valence-corrected chi connectivity index (χ1v) is 12.1. The molecule has 0 saturated carbocycles. The number of hydrazone groups is 1. The molecule has 0 saturated heterocycles. The predicted molar refractivity (Wildman–Crippen MR) is 132 cm³/mol. The average molecular weight is 514 g/mol. The highest BCUT2D eigenvalue weighted by Gasteiger charge is 2.27. The lowest BCUT2D eigenvalue weighted by Gasteiger charge is -2.24. The molecule has 3 aromatic carbocycles. The third-order valence-corrected chi connectivity index (χ3v) is 6.92. The van der Waals surface area contributed by atoms with Gasteiger partial charge in [-0.3, -0.25) is 9.10 Å². The van der Waals surface area contributed by atoms with Crippen LogP contribution in [0.5, 0.6) is 0 Å². The number of hydrogen-bond acceptors (Lipinski definition) is 4. The van der Waals surface area contributed by atoms with Gasteiger partial charge in [-0.25, -0.2) is 13.8 Å². The predicted octanol–water partition coefficient (Wildman–Crippen LogP) is 4.72. The molecule has 0 spiro atoms. The smallest absolute Gasteiger partial charge is 0.264 e. The van der Waals surface area contributed by atoms with Gasteiger partial charge in [0.15, 0.2) is 0 Å². The highest BCUT2D eigenvalue weighted by Crippen LogP contribution is 2.26. The minimum absolute atomic E-state index is 0.118. The maximum Gasteiger partial charge on any atom is 0.264 e. The molecule has 1 amide bonds. The van der Waals surface area contributed by atoms with E-state index in [2.05, 4.69) is 26.5 Å². The Morgan fingerprint density at radius 1 is 0.969 bits per heavy atom. The van der Waals surface area contributed by atoms with Gasteiger partial charge in [0.1, 0.15) is 6.54 Å². The summed E-state index contributed by atoms with van der Waals surface area (Å²) in [6.07, 6.45) is 1.50. The van der Waals surface area contributed by atoms with E-state index in [1.54, 1.807) is 36.4 Å². The fourth-order valence-electron chi connectivity index (χ4n) is 3.18. The van der Waals surface area contributed by atoms with Crippen molar-refractivity contribution in [3.63, 3.8) is 0 Å². The van der Waals surface area contributed by atoms with Gasteiger partial charge in [-0.05, 0) is 73.9 Å². The molecule has 0 heterocycles. The highest BCUT2D eigenvalue weighted by molar-refractivity contribution is 9.10. The number of carbonyl (C=O) groups excluding carboxylic acids is 1. The maximum atomic E-state index is 13.4. The zero-order valence-corrected chi connectivity index (χ0v) is 20.4. The third-order valence-electron chi connectivity index (χ3n) is 4.64. The van der Waals surface area contributed by atoms with E-state index in [9.17, 15) is 13.2 Å². The monoisotopic (exact) mass is 513 g/mol. The molecular formula is C24H24BrN3O3S. The average Bonchev–Trinajstić information content (AvgIpc) is 2.71. The van der Waals surface area contributed by atoms with Crippen LogP contribution in [0, 0.1) is 20.8 Å². The molecule has 8 heteroatoms. The number of halogens is 1. The van der Waals surface area contributed by atoms with Crippen LogP contribution in [-0.4, -0.2) is 27.1 Å². The Labute approximate surface area is 197 Å². The van der Waals surface area contributed by atoms with Crippen LogP contribution in [0.25, 0.3) is 0 Å². The number of nitrogens with one attached hydrogen (secondary N) is 1. The minimum Gasteiger partial charge on any atom is -0.271 e. The van der Waals surface area contributed by atoms with Crippen molar-refractivity contribution in [2.75, 3.05) is 10.8 Å². The summed E-state index contributed by atoms with van der Waals surface area (Å²) in [6, 6.07) is 19.4. The van der Waals surface area contributed by atoms with Gasteiger partial charge in [0.25, 0.3) is 15.9 Å². The van der Waals surface area contributed by atoms with E-state index in [4.69, 9.17) is 0 Å². The summed E-state index contributed by atoms with van der Waals surface area (Å²) >= 11 is 3.38. The summed E-state index contributed by atoms with van der Waals surface area (Å²) in [7, 11) is -3.97. The Balaban J connectivity index is 1.88. The number of nitrogens with zero attached hydrogens (tertiary/aromatic N) is 2. The first kappa shape index (κ1) is 23.7. The molecule has 1 N–H and O–H groups in total. The van der Waals surface area contributed by atoms with Crippen molar-refractivity contribution < 1.29 is 13.2 Å². The van der Waals surface area contributed by atoms with Crippen LogP contribution in [0.2, 0.25) is 0 Å².